The molecule has 19 amide bonds. The van der Waals surface area contributed by atoms with Gasteiger partial charge in [-0.15, -0.1) is 0 Å². The minimum atomic E-state index is -1.92. The van der Waals surface area contributed by atoms with Crippen molar-refractivity contribution in [2.24, 2.45) is 35.1 Å². The van der Waals surface area contributed by atoms with Crippen molar-refractivity contribution in [2.45, 2.75) is 332 Å². The van der Waals surface area contributed by atoms with Crippen LogP contribution >= 0.6 is 24.4 Å². The summed E-state index contributed by atoms with van der Waals surface area (Å²) in [5.41, 5.74) is 11.7. The van der Waals surface area contributed by atoms with E-state index >= 15 is 0 Å². The molecule has 51 heteroatoms. The number of aliphatic hydroxyl groups excluding tert-OH is 5. The number of hydrogen-bond acceptors (Lipinski definition) is 30. The molecule has 4 saturated heterocycles. The van der Waals surface area contributed by atoms with E-state index in [1.807, 2.05) is 6.26 Å². The number of carboxylic acid groups (broad SMARTS) is 2. The normalized spacial score (nSPS) is 19.9. The summed E-state index contributed by atoms with van der Waals surface area (Å²) in [4.78, 5) is 295. The van der Waals surface area contributed by atoms with E-state index in [4.69, 9.17) is 11.5 Å². The van der Waals surface area contributed by atoms with Crippen LogP contribution < -0.4 is 91.2 Å². The van der Waals surface area contributed by atoms with Gasteiger partial charge in [-0.3, -0.25) is 95.9 Å². The van der Waals surface area contributed by atoms with Crippen LogP contribution in [0.4, 0.5) is 0 Å². The standard InChI is InChI=1S/C88H149N21O28S2/c1-15-45(8)66(81(129)93-47(10)70(118)96-54(36-42(2)3)75(123)100-58(40-112)88(136)137)103-74(122)53(27-28-64(115)116)95-82(130)67(49(12)113)104-73(121)52(22-16-17-30-89)94-69(117)46(9)92-80(128)65(44(6)7)102-71(119)48(11)91-78(126)60-23-18-31-106(60)84(132)57(39-111)99-79(127)61-24-19-32-107(61)86(134)63-26-21-34-109(63)87(135)62-25-20-33-108(62)85(133)59(41-138)101-76(124)55(37-43(4)5)97-83(131)68(50(13)114)105-77(125)56(38-110)98-72(120)51(90)29-35-139-14/h42-63,65-68,110-114,138H,15-41,89-90H2,1-14H3,(H,91,126)(H,92,128)(H,93,129)(H,94,117)(H,95,130)(H,96,118)(H,97,131)(H,98,120)(H,99,127)(H,100,123)(H,101,124)(H,102,119)(H,103,122)(H,104,121)(H,105,125)(H,115,116)(H,136,137)/t45-,46-,47-,48-,49+,50+,51-,52-,53-,54-,55-,56-,57-,58-,59-,60-,61-,62-,63-,65-,66-,67-,68-/m0/s1. The van der Waals surface area contributed by atoms with Crippen molar-refractivity contribution < 1.29 is 136 Å². The summed E-state index contributed by atoms with van der Waals surface area (Å²) in [7, 11) is 0. The zero-order valence-corrected chi connectivity index (χ0v) is 83.3. The van der Waals surface area contributed by atoms with Crippen molar-refractivity contribution in [3.63, 3.8) is 0 Å². The van der Waals surface area contributed by atoms with E-state index < -0.39 is 302 Å². The van der Waals surface area contributed by atoms with Crippen LogP contribution in [0.3, 0.4) is 0 Å². The number of nitrogens with one attached hydrogen (secondary N) is 15. The minimum absolute atomic E-state index is 0.00501. The highest BCUT2D eigenvalue weighted by Crippen LogP contribution is 2.30. The van der Waals surface area contributed by atoms with Crippen LogP contribution in [0.25, 0.3) is 0 Å². The number of carboxylic acids is 2. The molecule has 0 unspecified atom stereocenters. The highest BCUT2D eigenvalue weighted by atomic mass is 32.2. The largest absolute Gasteiger partial charge is 0.481 e. The number of thioether (sulfide) groups is 1. The Labute approximate surface area is 818 Å². The SMILES string of the molecule is CC[C@H](C)[C@H](NC(=O)[C@H](CCC(=O)O)NC(=O)[C@@H](NC(=O)[C@H](CCCCN)NC(=O)[C@H](C)NC(=O)[C@@H](NC(=O)[C@H](C)NC(=O)[C@@H]1CCCN1C(=O)[C@H](CO)NC(=O)[C@@H]1CCCN1C(=O)[C@@H]1CCCN1C(=O)[C@@H]1CCCN1C(=O)[C@H](CS)NC(=O)[C@H](CC(C)C)NC(=O)[C@@H](NC(=O)[C@H](CO)NC(=O)[C@@H](N)CCSC)[C@@H](C)O)C(C)C)[C@@H](C)O)C(=O)N[C@@H](C)C(=O)N[C@@H](CC(C)C)C(=O)N[C@@H](CO)C(=O)O. The van der Waals surface area contributed by atoms with Gasteiger partial charge in [0.2, 0.25) is 112 Å². The number of nitrogens with two attached hydrogens (primary N) is 2. The summed E-state index contributed by atoms with van der Waals surface area (Å²) in [6, 6.07) is -28.8. The van der Waals surface area contributed by atoms with Crippen molar-refractivity contribution in [1.82, 2.24) is 99.4 Å². The van der Waals surface area contributed by atoms with E-state index in [0.29, 0.717) is 31.4 Å². The van der Waals surface area contributed by atoms with E-state index in [1.165, 1.54) is 54.2 Å². The van der Waals surface area contributed by atoms with Gasteiger partial charge in [-0.25, -0.2) is 4.79 Å². The van der Waals surface area contributed by atoms with Gasteiger partial charge in [-0.1, -0.05) is 61.8 Å². The van der Waals surface area contributed by atoms with Gasteiger partial charge in [0.1, 0.15) is 115 Å². The number of nitrogens with zero attached hydrogens (tertiary/aromatic N) is 4. The molecule has 139 heavy (non-hydrogen) atoms. The van der Waals surface area contributed by atoms with E-state index in [1.54, 1.807) is 55.4 Å². The maximum absolute atomic E-state index is 14.7. The predicted molar refractivity (Wildman–Crippen MR) is 505 cm³/mol. The Kier molecular flexibility index (Phi) is 51.3. The van der Waals surface area contributed by atoms with E-state index in [-0.39, 0.29) is 121 Å². The van der Waals surface area contributed by atoms with Crippen LogP contribution in [0.2, 0.25) is 0 Å². The second-order valence-electron chi connectivity index (χ2n) is 36.9. The molecule has 4 aliphatic rings. The number of unbranched alkanes of at least 4 members (excludes halogenated alkanes) is 1. The number of amides is 19. The van der Waals surface area contributed by atoms with Crippen LogP contribution in [0.1, 0.15) is 199 Å². The van der Waals surface area contributed by atoms with Crippen molar-refractivity contribution >= 4 is 149 Å². The molecule has 0 aromatic heterocycles. The summed E-state index contributed by atoms with van der Waals surface area (Å²) in [5.74, 6) is -21.7. The molecule has 786 valence electrons. The molecule has 0 bridgehead atoms. The third-order valence-corrected chi connectivity index (χ3v) is 25.5. The molecule has 4 aliphatic heterocycles. The van der Waals surface area contributed by atoms with Crippen LogP contribution in [0, 0.1) is 23.7 Å². The van der Waals surface area contributed by atoms with Crippen LogP contribution in [0.5, 0.6) is 0 Å². The first-order valence-corrected chi connectivity index (χ1v) is 49.4. The van der Waals surface area contributed by atoms with Gasteiger partial charge in [0.05, 0.1) is 38.1 Å². The molecular formula is C88H149N21O28S2. The Bertz CT molecular complexity index is 4250. The molecule has 0 aromatic carbocycles. The van der Waals surface area contributed by atoms with E-state index in [2.05, 4.69) is 92.4 Å². The first-order valence-electron chi connectivity index (χ1n) is 47.4. The lowest BCUT2D eigenvalue weighted by Crippen LogP contribution is -2.62. The number of likely N-dealkylation sites (tertiary alicyclic amines) is 4. The number of aliphatic hydroxyl groups is 5. The highest BCUT2D eigenvalue weighted by molar-refractivity contribution is 7.98. The van der Waals surface area contributed by atoms with E-state index in [0.717, 1.165) is 11.8 Å². The van der Waals surface area contributed by atoms with Gasteiger partial charge < -0.3 is 147 Å². The smallest absolute Gasteiger partial charge is 0.328 e. The Morgan fingerprint density at radius 2 is 0.734 bits per heavy atom. The Morgan fingerprint density at radius 1 is 0.381 bits per heavy atom. The topological polar surface area (TPSA) is 746 Å². The number of aliphatic carboxylic acids is 2. The molecule has 0 aromatic rings. The first-order chi connectivity index (χ1) is 65.4. The summed E-state index contributed by atoms with van der Waals surface area (Å²) >= 11 is 5.81. The molecule has 23 atom stereocenters. The van der Waals surface area contributed by atoms with Gasteiger partial charge in [-0.2, -0.15) is 24.4 Å². The monoisotopic (exact) mass is 2010 g/mol. The number of carbonyl (C=O) groups excluding carboxylic acids is 19. The van der Waals surface area contributed by atoms with Crippen molar-refractivity contribution in [3.05, 3.63) is 0 Å². The number of carbonyl (C=O) groups is 21. The summed E-state index contributed by atoms with van der Waals surface area (Å²) in [5, 5.41) is 108. The third-order valence-electron chi connectivity index (χ3n) is 24.5. The molecule has 26 N–H and O–H groups in total. The summed E-state index contributed by atoms with van der Waals surface area (Å²) < 4.78 is 0. The maximum atomic E-state index is 14.7. The zero-order chi connectivity index (χ0) is 105. The molecule has 0 aliphatic carbocycles. The Morgan fingerprint density at radius 3 is 1.18 bits per heavy atom. The second kappa shape index (κ2) is 59.1. The number of hydrogen-bond donors (Lipinski definition) is 25. The molecule has 4 heterocycles. The number of rotatable bonds is 58. The molecule has 4 fully saturated rings. The van der Waals surface area contributed by atoms with Gasteiger partial charge in [0, 0.05) is 38.4 Å². The molecule has 0 radical (unpaired) electrons. The van der Waals surface area contributed by atoms with Crippen LogP contribution in [-0.4, -0.2) is 383 Å². The van der Waals surface area contributed by atoms with Gasteiger partial charge in [0.25, 0.3) is 0 Å². The average molecular weight is 2010 g/mol. The molecule has 49 nitrogen and oxygen atoms in total. The molecule has 0 saturated carbocycles. The lowest BCUT2D eigenvalue weighted by molar-refractivity contribution is -0.151. The Balaban J connectivity index is 1.39. The molecule has 0 spiro atoms. The molecule has 4 rings (SSSR count). The minimum Gasteiger partial charge on any atom is -0.481 e. The fraction of sp³-hybridized carbons (Fsp3) is 0.761. The second-order valence-corrected chi connectivity index (χ2v) is 38.3. The Hall–Kier alpha value is -10.7. The van der Waals surface area contributed by atoms with Crippen molar-refractivity contribution in [3.8, 4) is 0 Å². The molecular weight excluding hydrogens is 1860 g/mol. The maximum Gasteiger partial charge on any atom is 0.328 e. The van der Waals surface area contributed by atoms with Gasteiger partial charge in [0.15, 0.2) is 0 Å². The lowest BCUT2D eigenvalue weighted by Gasteiger charge is -2.35. The van der Waals surface area contributed by atoms with Gasteiger partial charge in [-0.05, 0) is 173 Å². The lowest BCUT2D eigenvalue weighted by atomic mass is 9.97. The third kappa shape index (κ3) is 36.7. The van der Waals surface area contributed by atoms with Crippen molar-refractivity contribution in [2.75, 3.05) is 70.3 Å². The highest BCUT2D eigenvalue weighted by Gasteiger charge is 2.49. The fourth-order valence-electron chi connectivity index (χ4n) is 16.2. The van der Waals surface area contributed by atoms with Gasteiger partial charge >= 0.3 is 11.9 Å². The quantitative estimate of drug-likeness (QED) is 0.0199. The van der Waals surface area contributed by atoms with Crippen molar-refractivity contribution in [1.29, 1.82) is 0 Å². The fourth-order valence-corrected chi connectivity index (χ4v) is 16.9. The van der Waals surface area contributed by atoms with Crippen LogP contribution in [0.15, 0.2) is 0 Å². The predicted octanol–water partition coefficient (Wildman–Crippen LogP) is -8.10. The summed E-state index contributed by atoms with van der Waals surface area (Å²) in [6.07, 6.45) is -0.260. The van der Waals surface area contributed by atoms with Crippen LogP contribution in [-0.2, 0) is 101 Å². The first kappa shape index (κ1) is 121. The number of thiol groups is 1. The summed E-state index contributed by atoms with van der Waals surface area (Å²) in [6.45, 7) is 16.8. The van der Waals surface area contributed by atoms with E-state index in [9.17, 15) is 136 Å². The zero-order valence-electron chi connectivity index (χ0n) is 81.6. The average Bonchev–Trinajstić information content (AvgIpc) is 1.66.